The van der Waals surface area contributed by atoms with E-state index in [2.05, 4.69) is 15.1 Å². The van der Waals surface area contributed by atoms with Crippen LogP contribution in [-0.4, -0.2) is 36.6 Å². The van der Waals surface area contributed by atoms with Crippen molar-refractivity contribution < 1.29 is 23.4 Å². The number of aliphatic hydroxyl groups excluding tert-OH is 1. The monoisotopic (exact) mass is 404 g/mol. The van der Waals surface area contributed by atoms with E-state index in [4.69, 9.17) is 0 Å². The third kappa shape index (κ3) is 2.95. The van der Waals surface area contributed by atoms with Crippen LogP contribution < -0.4 is 0 Å². The maximum absolute atomic E-state index is 13.0. The van der Waals surface area contributed by atoms with Crippen molar-refractivity contribution in [3.8, 4) is 17.0 Å². The third-order valence-electron chi connectivity index (χ3n) is 6.25. The van der Waals surface area contributed by atoms with Crippen molar-refractivity contribution in [1.29, 1.82) is 0 Å². The molecule has 1 unspecified atom stereocenters. The van der Waals surface area contributed by atoms with Crippen LogP contribution in [0.15, 0.2) is 24.5 Å². The summed E-state index contributed by atoms with van der Waals surface area (Å²) in [5.41, 5.74) is 0.801. The number of aliphatic hydroxyl groups is 1. The summed E-state index contributed by atoms with van der Waals surface area (Å²) >= 11 is 0. The van der Waals surface area contributed by atoms with Gasteiger partial charge < -0.3 is 10.2 Å². The Labute approximate surface area is 164 Å². The molecule has 1 aromatic carbocycles. The molecule has 0 saturated heterocycles. The van der Waals surface area contributed by atoms with E-state index in [1.165, 1.54) is 13.1 Å². The summed E-state index contributed by atoms with van der Waals surface area (Å²) in [6, 6.07) is 1.89. The third-order valence-corrected chi connectivity index (χ3v) is 6.25. The number of aromatic hydroxyl groups is 1. The average Bonchev–Trinajstić information content (AvgIpc) is 3.18. The second-order valence-corrected chi connectivity index (χ2v) is 8.07. The number of nitrogens with zero attached hydrogens (tertiary/aromatic N) is 4. The van der Waals surface area contributed by atoms with Gasteiger partial charge in [0.15, 0.2) is 5.65 Å². The van der Waals surface area contributed by atoms with Gasteiger partial charge in [-0.2, -0.15) is 18.3 Å². The number of aromatic nitrogens is 4. The summed E-state index contributed by atoms with van der Waals surface area (Å²) in [5, 5.41) is 24.3. The molecule has 0 aliphatic heterocycles. The van der Waals surface area contributed by atoms with Crippen molar-refractivity contribution in [2.45, 2.75) is 32.0 Å². The molecule has 29 heavy (non-hydrogen) atoms. The highest BCUT2D eigenvalue weighted by Gasteiger charge is 2.54. The number of aryl methyl sites for hydroxylation is 1. The molecule has 2 heterocycles. The fourth-order valence-corrected chi connectivity index (χ4v) is 4.77. The Morgan fingerprint density at radius 3 is 2.66 bits per heavy atom. The molecule has 152 valence electrons. The molecule has 2 saturated carbocycles. The molecule has 3 aromatic rings. The van der Waals surface area contributed by atoms with Crippen LogP contribution in [0.4, 0.5) is 13.2 Å². The molecule has 0 amide bonds. The van der Waals surface area contributed by atoms with Crippen LogP contribution in [0.1, 0.15) is 30.0 Å². The van der Waals surface area contributed by atoms with Crippen molar-refractivity contribution >= 4 is 11.2 Å². The molecule has 2 aromatic heterocycles. The van der Waals surface area contributed by atoms with Gasteiger partial charge >= 0.3 is 6.18 Å². The Kier molecular flexibility index (Phi) is 3.90. The number of halogens is 3. The van der Waals surface area contributed by atoms with Crippen LogP contribution in [0.3, 0.4) is 0 Å². The molecule has 0 radical (unpaired) electrons. The maximum atomic E-state index is 13.0. The van der Waals surface area contributed by atoms with Crippen LogP contribution in [0.2, 0.25) is 0 Å². The number of fused-ring (bicyclic) bond motifs is 2. The fourth-order valence-electron chi connectivity index (χ4n) is 4.77. The highest BCUT2D eigenvalue weighted by Crippen LogP contribution is 2.60. The molecular formula is C20H19F3N4O2. The molecule has 2 fully saturated rings. The number of rotatable bonds is 3. The number of alkyl halides is 3. The van der Waals surface area contributed by atoms with E-state index >= 15 is 0 Å². The van der Waals surface area contributed by atoms with Gasteiger partial charge in [-0.25, -0.2) is 9.97 Å². The molecule has 0 bridgehead atoms. The van der Waals surface area contributed by atoms with Gasteiger partial charge in [0.2, 0.25) is 0 Å². The lowest BCUT2D eigenvalue weighted by Crippen LogP contribution is -2.12. The zero-order chi connectivity index (χ0) is 20.5. The number of phenols is 1. The Bertz CT molecular complexity index is 1090. The lowest BCUT2D eigenvalue weighted by Gasteiger charge is -2.14. The van der Waals surface area contributed by atoms with Gasteiger partial charge in [0, 0.05) is 12.2 Å². The quantitative estimate of drug-likeness (QED) is 0.695. The second kappa shape index (κ2) is 6.16. The van der Waals surface area contributed by atoms with Crippen molar-refractivity contribution in [2.24, 2.45) is 17.8 Å². The van der Waals surface area contributed by atoms with Gasteiger partial charge in [0.1, 0.15) is 11.3 Å². The topological polar surface area (TPSA) is 84.1 Å². The lowest BCUT2D eigenvalue weighted by atomic mass is 10.0. The van der Waals surface area contributed by atoms with Crippen LogP contribution in [0.5, 0.6) is 5.75 Å². The zero-order valence-corrected chi connectivity index (χ0v) is 15.6. The van der Waals surface area contributed by atoms with Gasteiger partial charge in [-0.1, -0.05) is 0 Å². The van der Waals surface area contributed by atoms with E-state index in [1.807, 2.05) is 10.9 Å². The molecule has 2 aliphatic carbocycles. The first-order chi connectivity index (χ1) is 13.8. The van der Waals surface area contributed by atoms with Crippen molar-refractivity contribution in [3.05, 3.63) is 35.7 Å². The number of hydrogen-bond donors (Lipinski definition) is 2. The predicted molar refractivity (Wildman–Crippen MR) is 98.0 cm³/mol. The normalized spacial score (nSPS) is 26.1. The van der Waals surface area contributed by atoms with Crippen LogP contribution in [0, 0.1) is 24.7 Å². The van der Waals surface area contributed by atoms with Gasteiger partial charge in [-0.3, -0.25) is 4.68 Å². The minimum atomic E-state index is -4.54. The van der Waals surface area contributed by atoms with Gasteiger partial charge in [0.05, 0.1) is 29.7 Å². The Morgan fingerprint density at radius 2 is 2.00 bits per heavy atom. The lowest BCUT2D eigenvalue weighted by molar-refractivity contribution is -0.137. The summed E-state index contributed by atoms with van der Waals surface area (Å²) < 4.78 is 40.7. The first kappa shape index (κ1) is 18.4. The Hall–Kier alpha value is -2.68. The zero-order valence-electron chi connectivity index (χ0n) is 15.6. The molecular weight excluding hydrogens is 385 g/mol. The van der Waals surface area contributed by atoms with Crippen LogP contribution in [-0.2, 0) is 6.18 Å². The first-order valence-electron chi connectivity index (χ1n) is 9.50. The number of hydrogen-bond acceptors (Lipinski definition) is 5. The smallest absolute Gasteiger partial charge is 0.416 e. The van der Waals surface area contributed by atoms with Gasteiger partial charge in [-0.15, -0.1) is 0 Å². The summed E-state index contributed by atoms with van der Waals surface area (Å²) in [4.78, 5) is 8.80. The molecule has 2 N–H and O–H groups in total. The van der Waals surface area contributed by atoms with Crippen molar-refractivity contribution in [2.75, 3.05) is 6.61 Å². The standard InChI is InChI=1S/C20H19F3N4O2/c1-9-2-11(20(21,22)23)4-17(29)18(9)14-6-24-15-7-27(26-19(15)25-14)16-3-10(8-28)12-5-13(12)16/h2,4,6-7,10,12-13,16,28-29H,3,5,8H2,1H3/t10-,12+,13?,16-/m0/s1. The van der Waals surface area contributed by atoms with E-state index in [9.17, 15) is 23.4 Å². The molecule has 2 aliphatic rings. The number of benzene rings is 1. The van der Waals surface area contributed by atoms with Gasteiger partial charge in [-0.05, 0) is 55.2 Å². The van der Waals surface area contributed by atoms with Crippen LogP contribution >= 0.6 is 0 Å². The number of phenolic OH excluding ortho intramolecular Hbond substituents is 1. The maximum Gasteiger partial charge on any atom is 0.416 e. The first-order valence-corrected chi connectivity index (χ1v) is 9.50. The average molecular weight is 404 g/mol. The summed E-state index contributed by atoms with van der Waals surface area (Å²) in [7, 11) is 0. The summed E-state index contributed by atoms with van der Waals surface area (Å²) in [6.45, 7) is 1.68. The van der Waals surface area contributed by atoms with Crippen molar-refractivity contribution in [1.82, 2.24) is 19.7 Å². The minimum Gasteiger partial charge on any atom is -0.507 e. The van der Waals surface area contributed by atoms with E-state index in [0.717, 1.165) is 18.9 Å². The van der Waals surface area contributed by atoms with Crippen molar-refractivity contribution in [3.63, 3.8) is 0 Å². The predicted octanol–water partition coefficient (Wildman–Crippen LogP) is 3.72. The second-order valence-electron chi connectivity index (χ2n) is 8.07. The molecule has 4 atom stereocenters. The summed E-state index contributed by atoms with van der Waals surface area (Å²) in [6.07, 6.45) is 0.687. The van der Waals surface area contributed by atoms with E-state index < -0.39 is 17.5 Å². The van der Waals surface area contributed by atoms with E-state index in [1.54, 1.807) is 0 Å². The molecule has 9 heteroatoms. The van der Waals surface area contributed by atoms with E-state index in [0.29, 0.717) is 35.0 Å². The Balaban J connectivity index is 1.51. The highest BCUT2D eigenvalue weighted by molar-refractivity contribution is 5.77. The SMILES string of the molecule is Cc1cc(C(F)(F)F)cc(O)c1-c1cnc2cn([C@H]3C[C@@H](CO)[C@H]4CC43)nc2n1. The largest absolute Gasteiger partial charge is 0.507 e. The Morgan fingerprint density at radius 1 is 1.21 bits per heavy atom. The van der Waals surface area contributed by atoms with Gasteiger partial charge in [0.25, 0.3) is 0 Å². The summed E-state index contributed by atoms with van der Waals surface area (Å²) in [5.74, 6) is 0.885. The van der Waals surface area contributed by atoms with E-state index in [-0.39, 0.29) is 29.5 Å². The van der Waals surface area contributed by atoms with Crippen LogP contribution in [0.25, 0.3) is 22.4 Å². The highest BCUT2D eigenvalue weighted by atomic mass is 19.4. The molecule has 0 spiro atoms. The minimum absolute atomic E-state index is 0.186. The fraction of sp³-hybridized carbons (Fsp3) is 0.450. The molecule has 5 rings (SSSR count). The molecule has 6 nitrogen and oxygen atoms in total.